The third kappa shape index (κ3) is 2.52. The molecule has 2 aliphatic rings. The number of nitrogens with zero attached hydrogens (tertiary/aromatic N) is 1. The van der Waals surface area contributed by atoms with Gasteiger partial charge in [-0.2, -0.15) is 0 Å². The normalized spacial score (nSPS) is 50.5. The van der Waals surface area contributed by atoms with Crippen molar-refractivity contribution < 1.29 is 14.7 Å². The molecule has 3 atom stereocenters. The van der Waals surface area contributed by atoms with Crippen molar-refractivity contribution in [3.63, 3.8) is 0 Å². The summed E-state index contributed by atoms with van der Waals surface area (Å²) in [6.07, 6.45) is 3.69. The van der Waals surface area contributed by atoms with Crippen LogP contribution in [0.4, 0.5) is 0 Å². The van der Waals surface area contributed by atoms with Crippen LogP contribution in [0.1, 0.15) is 74.1 Å². The van der Waals surface area contributed by atoms with Crippen LogP contribution < -0.4 is 0 Å². The van der Waals surface area contributed by atoms with E-state index in [1.54, 1.807) is 0 Å². The number of rotatable bonds is 3. The second kappa shape index (κ2) is 5.73. The van der Waals surface area contributed by atoms with Crippen molar-refractivity contribution in [2.45, 2.75) is 91.0 Å². The molecule has 0 aromatic carbocycles. The number of hydrogen-bond acceptors (Lipinski definition) is 3. The molecular formula is C18H36NO3+. The first-order chi connectivity index (χ1) is 10.1. The number of hydrogen-bond donors (Lipinski definition) is 0. The van der Waals surface area contributed by atoms with E-state index in [-0.39, 0.29) is 22.4 Å². The highest BCUT2D eigenvalue weighted by molar-refractivity contribution is 5.08. The molecule has 130 valence electrons. The summed E-state index contributed by atoms with van der Waals surface area (Å²) < 4.78 is 12.9. The van der Waals surface area contributed by atoms with Crippen molar-refractivity contribution in [3.05, 3.63) is 0 Å². The molecule has 3 unspecified atom stereocenters. The third-order valence-corrected chi connectivity index (χ3v) is 6.93. The molecular weight excluding hydrogens is 278 g/mol. The van der Waals surface area contributed by atoms with Crippen LogP contribution in [0.15, 0.2) is 0 Å². The molecule has 0 bridgehead atoms. The second-order valence-electron chi connectivity index (χ2n) is 8.35. The lowest BCUT2D eigenvalue weighted by molar-refractivity contribution is -0.400. The highest BCUT2D eigenvalue weighted by atomic mass is 16.7. The molecule has 0 aromatic heterocycles. The Kier molecular flexibility index (Phi) is 4.73. The molecule has 2 N–H and O–H groups in total. The van der Waals surface area contributed by atoms with Crippen molar-refractivity contribution in [2.24, 2.45) is 11.3 Å². The maximum Gasteiger partial charge on any atom is 0.174 e. The average molecular weight is 314 g/mol. The molecule has 2 saturated heterocycles. The van der Waals surface area contributed by atoms with Crippen LogP contribution >= 0.6 is 0 Å². The van der Waals surface area contributed by atoms with Crippen molar-refractivity contribution in [3.8, 4) is 0 Å². The Morgan fingerprint density at radius 3 is 1.95 bits per heavy atom. The molecule has 2 rings (SSSR count). The van der Waals surface area contributed by atoms with Crippen LogP contribution in [0.3, 0.4) is 0 Å². The largest absolute Gasteiger partial charge is 0.349 e. The highest BCUT2D eigenvalue weighted by Crippen LogP contribution is 2.53. The summed E-state index contributed by atoms with van der Waals surface area (Å²) in [6.45, 7) is 16.9. The number of piperidine rings is 1. The Morgan fingerprint density at radius 2 is 1.55 bits per heavy atom. The lowest BCUT2D eigenvalue weighted by atomic mass is 9.67. The predicted octanol–water partition coefficient (Wildman–Crippen LogP) is 3.46. The van der Waals surface area contributed by atoms with Gasteiger partial charge in [-0.05, 0) is 33.1 Å². The van der Waals surface area contributed by atoms with Crippen LogP contribution in [0.25, 0.3) is 0 Å². The van der Waals surface area contributed by atoms with Gasteiger partial charge in [0.1, 0.15) is 0 Å². The molecule has 0 radical (unpaired) electrons. The molecule has 4 heteroatoms. The molecule has 0 amide bonds. The molecule has 2 aliphatic heterocycles. The monoisotopic (exact) mass is 314 g/mol. The van der Waals surface area contributed by atoms with E-state index in [4.69, 9.17) is 14.7 Å². The Bertz CT molecular complexity index is 405. The van der Waals surface area contributed by atoms with Crippen LogP contribution in [0.5, 0.6) is 0 Å². The van der Waals surface area contributed by atoms with Crippen LogP contribution in [0.2, 0.25) is 0 Å². The predicted molar refractivity (Wildman–Crippen MR) is 89.7 cm³/mol. The van der Waals surface area contributed by atoms with E-state index < -0.39 is 5.79 Å². The van der Waals surface area contributed by atoms with Gasteiger partial charge in [-0.25, -0.2) is 0 Å². The van der Waals surface area contributed by atoms with E-state index in [0.29, 0.717) is 0 Å². The first kappa shape index (κ1) is 18.2. The zero-order chi connectivity index (χ0) is 16.8. The van der Waals surface area contributed by atoms with E-state index in [1.807, 2.05) is 5.06 Å². The SMILES string of the molecule is CCC1(C)COC2(CC(C)(CC)N([OH2+])C(C)(CC)C2C)OC1. The maximum atomic E-state index is 8.75. The second-order valence-corrected chi connectivity index (χ2v) is 8.35. The number of hydroxylamine groups is 2. The lowest BCUT2D eigenvalue weighted by Crippen LogP contribution is -2.73. The molecule has 0 aliphatic carbocycles. The standard InChI is InChI=1S/C18H35NO3/c1-8-15(5)12-21-18(22-13-15)11-16(6,9-2)19(20)17(7,10-3)14(18)4/h14,20H,8-13H2,1-7H3/p+1. The fraction of sp³-hybridized carbons (Fsp3) is 1.00. The fourth-order valence-electron chi connectivity index (χ4n) is 4.03. The first-order valence-corrected chi connectivity index (χ1v) is 8.91. The molecule has 22 heavy (non-hydrogen) atoms. The summed E-state index contributed by atoms with van der Waals surface area (Å²) in [5.74, 6) is -0.370. The summed E-state index contributed by atoms with van der Waals surface area (Å²) in [6, 6.07) is 0. The Labute approximate surface area is 136 Å². The molecule has 2 heterocycles. The van der Waals surface area contributed by atoms with E-state index in [9.17, 15) is 0 Å². The van der Waals surface area contributed by atoms with Gasteiger partial charge < -0.3 is 14.7 Å². The minimum Gasteiger partial charge on any atom is -0.349 e. The first-order valence-electron chi connectivity index (χ1n) is 8.91. The molecule has 1 spiro atoms. The highest BCUT2D eigenvalue weighted by Gasteiger charge is 2.64. The van der Waals surface area contributed by atoms with Gasteiger partial charge >= 0.3 is 0 Å². The number of ether oxygens (including phenoxy) is 2. The summed E-state index contributed by atoms with van der Waals surface area (Å²) in [5, 5.41) is 10.6. The minimum absolute atomic E-state index is 0.119. The van der Waals surface area contributed by atoms with E-state index in [1.165, 1.54) is 0 Å². The smallest absolute Gasteiger partial charge is 0.174 e. The summed E-state index contributed by atoms with van der Waals surface area (Å²) >= 11 is 0. The van der Waals surface area contributed by atoms with Gasteiger partial charge in [0.15, 0.2) is 5.79 Å². The van der Waals surface area contributed by atoms with Gasteiger partial charge in [0.05, 0.1) is 24.3 Å². The lowest BCUT2D eigenvalue weighted by Gasteiger charge is -2.60. The van der Waals surface area contributed by atoms with Crippen molar-refractivity contribution >= 4 is 0 Å². The third-order valence-electron chi connectivity index (χ3n) is 6.93. The summed E-state index contributed by atoms with van der Waals surface area (Å²) in [4.78, 5) is 0. The van der Waals surface area contributed by atoms with E-state index >= 15 is 0 Å². The fourth-order valence-corrected chi connectivity index (χ4v) is 4.03. The molecule has 2 fully saturated rings. The summed E-state index contributed by atoms with van der Waals surface area (Å²) in [5.41, 5.74) is -0.325. The van der Waals surface area contributed by atoms with Gasteiger partial charge in [0.2, 0.25) is 0 Å². The molecule has 0 saturated carbocycles. The molecule has 0 aromatic rings. The zero-order valence-electron chi connectivity index (χ0n) is 15.6. The Morgan fingerprint density at radius 1 is 1.00 bits per heavy atom. The van der Waals surface area contributed by atoms with Crippen molar-refractivity contribution in [1.82, 2.24) is 5.06 Å². The van der Waals surface area contributed by atoms with Gasteiger partial charge in [-0.3, -0.25) is 0 Å². The van der Waals surface area contributed by atoms with Gasteiger partial charge in [0, 0.05) is 17.8 Å². The zero-order valence-corrected chi connectivity index (χ0v) is 15.6. The van der Waals surface area contributed by atoms with Crippen molar-refractivity contribution in [2.75, 3.05) is 13.2 Å². The van der Waals surface area contributed by atoms with Crippen LogP contribution in [0, 0.1) is 11.3 Å². The van der Waals surface area contributed by atoms with E-state index in [2.05, 4.69) is 48.5 Å². The quantitative estimate of drug-likeness (QED) is 0.749. The van der Waals surface area contributed by atoms with E-state index in [0.717, 1.165) is 38.9 Å². The van der Waals surface area contributed by atoms with Gasteiger partial charge in [-0.15, -0.1) is 0 Å². The minimum atomic E-state index is -0.540. The van der Waals surface area contributed by atoms with Gasteiger partial charge in [0.25, 0.3) is 0 Å². The molecule has 4 nitrogen and oxygen atoms in total. The maximum absolute atomic E-state index is 8.75. The summed E-state index contributed by atoms with van der Waals surface area (Å²) in [7, 11) is 0. The Balaban J connectivity index is 2.36. The van der Waals surface area contributed by atoms with Gasteiger partial charge in [-0.1, -0.05) is 39.7 Å². The Hall–Kier alpha value is -0.160. The topological polar surface area (TPSA) is 44.6 Å². The van der Waals surface area contributed by atoms with Crippen LogP contribution in [-0.4, -0.2) is 40.3 Å². The van der Waals surface area contributed by atoms with Crippen LogP contribution in [-0.2, 0) is 9.47 Å². The van der Waals surface area contributed by atoms with Crippen molar-refractivity contribution in [1.29, 1.82) is 0 Å². The average Bonchev–Trinajstić information content (AvgIpc) is 2.54.